The van der Waals surface area contributed by atoms with Gasteiger partial charge in [0.1, 0.15) is 5.25 Å². The minimum absolute atomic E-state index is 0.0599. The van der Waals surface area contributed by atoms with Crippen LogP contribution in [0.2, 0.25) is 0 Å². The molecule has 1 unspecified atom stereocenters. The Hall–Kier alpha value is -0.460. The van der Waals surface area contributed by atoms with Crippen LogP contribution in [0.15, 0.2) is 5.38 Å². The molecule has 6 heteroatoms. The number of nitrogens with zero attached hydrogens (tertiary/aromatic N) is 1. The van der Waals surface area contributed by atoms with E-state index in [1.807, 2.05) is 5.38 Å². The van der Waals surface area contributed by atoms with E-state index >= 15 is 0 Å². The molecule has 16 heavy (non-hydrogen) atoms. The lowest BCUT2D eigenvalue weighted by Gasteiger charge is -2.20. The van der Waals surface area contributed by atoms with E-state index in [-0.39, 0.29) is 12.4 Å². The standard InChI is InChI=1S/C10H15NO3S2/c12-5-4-10-11-8(7-15-10)9-3-1-2-6-16(9,13)14/h7,9,12H,1-6H2. The van der Waals surface area contributed by atoms with Gasteiger partial charge < -0.3 is 5.11 Å². The highest BCUT2D eigenvalue weighted by atomic mass is 32.2. The normalized spacial score (nSPS) is 24.4. The minimum atomic E-state index is -3.00. The summed E-state index contributed by atoms with van der Waals surface area (Å²) in [5, 5.41) is 11.0. The van der Waals surface area contributed by atoms with Crippen molar-refractivity contribution in [1.82, 2.24) is 4.98 Å². The first-order valence-electron chi connectivity index (χ1n) is 5.40. The second-order valence-electron chi connectivity index (χ2n) is 3.99. The summed E-state index contributed by atoms with van der Waals surface area (Å²) in [6.07, 6.45) is 2.92. The molecule has 90 valence electrons. The van der Waals surface area contributed by atoms with E-state index in [2.05, 4.69) is 4.98 Å². The molecule has 1 aromatic heterocycles. The molecule has 0 aromatic carbocycles. The number of rotatable bonds is 3. The smallest absolute Gasteiger partial charge is 0.158 e. The molecule has 0 radical (unpaired) electrons. The summed E-state index contributed by atoms with van der Waals surface area (Å²) in [5.74, 6) is 0.282. The van der Waals surface area contributed by atoms with E-state index in [0.717, 1.165) is 17.8 Å². The van der Waals surface area contributed by atoms with E-state index in [1.165, 1.54) is 11.3 Å². The molecule has 1 aliphatic rings. The molecular weight excluding hydrogens is 246 g/mol. The highest BCUT2D eigenvalue weighted by Gasteiger charge is 2.31. The molecule has 2 rings (SSSR count). The highest BCUT2D eigenvalue weighted by Crippen LogP contribution is 2.33. The van der Waals surface area contributed by atoms with Crippen molar-refractivity contribution in [3.8, 4) is 0 Å². The van der Waals surface area contributed by atoms with E-state index in [1.54, 1.807) is 0 Å². The van der Waals surface area contributed by atoms with Crippen molar-refractivity contribution >= 4 is 21.2 Å². The van der Waals surface area contributed by atoms with Crippen molar-refractivity contribution in [1.29, 1.82) is 0 Å². The molecule has 1 fully saturated rings. The van der Waals surface area contributed by atoms with Gasteiger partial charge in [-0.3, -0.25) is 0 Å². The Kier molecular flexibility index (Phi) is 3.61. The molecule has 1 aromatic rings. The summed E-state index contributed by atoms with van der Waals surface area (Å²) in [4.78, 5) is 4.30. The van der Waals surface area contributed by atoms with Crippen LogP contribution < -0.4 is 0 Å². The predicted molar refractivity (Wildman–Crippen MR) is 63.3 cm³/mol. The van der Waals surface area contributed by atoms with Crippen LogP contribution in [0.5, 0.6) is 0 Å². The third-order valence-electron chi connectivity index (χ3n) is 2.80. The van der Waals surface area contributed by atoms with Crippen LogP contribution in [-0.4, -0.2) is 30.9 Å². The van der Waals surface area contributed by atoms with E-state index in [9.17, 15) is 8.42 Å². The molecule has 0 saturated carbocycles. The van der Waals surface area contributed by atoms with Gasteiger partial charge in [-0.25, -0.2) is 13.4 Å². The van der Waals surface area contributed by atoms with Gasteiger partial charge in [0.05, 0.1) is 16.5 Å². The van der Waals surface area contributed by atoms with Gasteiger partial charge in [-0.1, -0.05) is 6.42 Å². The summed E-state index contributed by atoms with van der Waals surface area (Å²) in [7, 11) is -3.00. The Morgan fingerprint density at radius 1 is 1.50 bits per heavy atom. The predicted octanol–water partition coefficient (Wildman–Crippen LogP) is 1.32. The molecule has 0 amide bonds. The number of sulfone groups is 1. The van der Waals surface area contributed by atoms with E-state index in [0.29, 0.717) is 18.5 Å². The van der Waals surface area contributed by atoms with Crippen LogP contribution in [0.4, 0.5) is 0 Å². The average molecular weight is 261 g/mol. The zero-order chi connectivity index (χ0) is 11.6. The van der Waals surface area contributed by atoms with Gasteiger partial charge >= 0.3 is 0 Å². The fourth-order valence-corrected chi connectivity index (χ4v) is 4.80. The Morgan fingerprint density at radius 2 is 2.31 bits per heavy atom. The number of hydrogen-bond acceptors (Lipinski definition) is 5. The van der Waals surface area contributed by atoms with Crippen LogP contribution in [-0.2, 0) is 16.3 Å². The van der Waals surface area contributed by atoms with Crippen LogP contribution >= 0.6 is 11.3 Å². The molecule has 0 spiro atoms. The first-order chi connectivity index (χ1) is 7.63. The van der Waals surface area contributed by atoms with Crippen molar-refractivity contribution in [2.75, 3.05) is 12.4 Å². The van der Waals surface area contributed by atoms with Crippen LogP contribution in [0, 0.1) is 0 Å². The average Bonchev–Trinajstić information content (AvgIpc) is 2.66. The molecule has 0 aliphatic carbocycles. The second-order valence-corrected chi connectivity index (χ2v) is 7.24. The second kappa shape index (κ2) is 4.81. The SMILES string of the molecule is O=S1(=O)CCCCC1c1csc(CCO)n1. The zero-order valence-electron chi connectivity index (χ0n) is 8.92. The lowest BCUT2D eigenvalue weighted by atomic mass is 10.1. The molecule has 1 N–H and O–H groups in total. The highest BCUT2D eigenvalue weighted by molar-refractivity contribution is 7.91. The fraction of sp³-hybridized carbons (Fsp3) is 0.700. The zero-order valence-corrected chi connectivity index (χ0v) is 10.6. The molecule has 2 heterocycles. The van der Waals surface area contributed by atoms with Gasteiger partial charge in [0.2, 0.25) is 0 Å². The van der Waals surface area contributed by atoms with Crippen molar-refractivity contribution in [2.24, 2.45) is 0 Å². The lowest BCUT2D eigenvalue weighted by molar-refractivity contribution is 0.299. The summed E-state index contributed by atoms with van der Waals surface area (Å²) in [6, 6.07) is 0. The molecule has 1 saturated heterocycles. The summed E-state index contributed by atoms with van der Waals surface area (Å²) >= 11 is 1.43. The van der Waals surface area contributed by atoms with Crippen molar-refractivity contribution in [3.63, 3.8) is 0 Å². The number of hydrogen-bond donors (Lipinski definition) is 1. The van der Waals surface area contributed by atoms with E-state index < -0.39 is 15.1 Å². The van der Waals surface area contributed by atoms with Gasteiger partial charge in [0.25, 0.3) is 0 Å². The fourth-order valence-electron chi connectivity index (χ4n) is 1.97. The first-order valence-corrected chi connectivity index (χ1v) is 8.00. The molecule has 1 atom stereocenters. The van der Waals surface area contributed by atoms with Gasteiger partial charge in [0, 0.05) is 18.4 Å². The van der Waals surface area contributed by atoms with Gasteiger partial charge in [-0.05, 0) is 12.8 Å². The van der Waals surface area contributed by atoms with Crippen molar-refractivity contribution in [3.05, 3.63) is 16.1 Å². The third-order valence-corrected chi connectivity index (χ3v) is 5.93. The van der Waals surface area contributed by atoms with Crippen LogP contribution in [0.1, 0.15) is 35.2 Å². The minimum Gasteiger partial charge on any atom is -0.396 e. The first kappa shape index (κ1) is 12.0. The summed E-state index contributed by atoms with van der Waals surface area (Å²) in [6.45, 7) is 0.0599. The van der Waals surface area contributed by atoms with Crippen LogP contribution in [0.25, 0.3) is 0 Å². The Bertz CT molecular complexity index is 452. The largest absolute Gasteiger partial charge is 0.396 e. The van der Waals surface area contributed by atoms with E-state index in [4.69, 9.17) is 5.11 Å². The van der Waals surface area contributed by atoms with Crippen molar-refractivity contribution < 1.29 is 13.5 Å². The maximum absolute atomic E-state index is 11.9. The Balaban J connectivity index is 2.22. The Labute approximate surface area is 99.3 Å². The lowest BCUT2D eigenvalue weighted by Crippen LogP contribution is -2.21. The van der Waals surface area contributed by atoms with Gasteiger partial charge in [0.15, 0.2) is 9.84 Å². The maximum Gasteiger partial charge on any atom is 0.158 e. The molecule has 1 aliphatic heterocycles. The molecular formula is C10H15NO3S2. The third kappa shape index (κ3) is 2.44. The molecule has 0 bridgehead atoms. The number of aliphatic hydroxyl groups is 1. The maximum atomic E-state index is 11.9. The number of aromatic nitrogens is 1. The topological polar surface area (TPSA) is 67.3 Å². The summed E-state index contributed by atoms with van der Waals surface area (Å²) < 4.78 is 23.7. The number of aliphatic hydroxyl groups excluding tert-OH is 1. The van der Waals surface area contributed by atoms with Gasteiger partial charge in [-0.15, -0.1) is 11.3 Å². The van der Waals surface area contributed by atoms with Crippen molar-refractivity contribution in [2.45, 2.75) is 30.9 Å². The molecule has 4 nitrogen and oxygen atoms in total. The quantitative estimate of drug-likeness (QED) is 0.891. The van der Waals surface area contributed by atoms with Crippen LogP contribution in [0.3, 0.4) is 0 Å². The number of thiazole rings is 1. The summed E-state index contributed by atoms with van der Waals surface area (Å²) in [5.41, 5.74) is 0.674. The Morgan fingerprint density at radius 3 is 3.00 bits per heavy atom. The van der Waals surface area contributed by atoms with Gasteiger partial charge in [-0.2, -0.15) is 0 Å². The monoisotopic (exact) mass is 261 g/mol.